The van der Waals surface area contributed by atoms with Crippen molar-refractivity contribution in [3.63, 3.8) is 0 Å². The van der Waals surface area contributed by atoms with E-state index in [4.69, 9.17) is 4.42 Å². The van der Waals surface area contributed by atoms with Crippen molar-refractivity contribution in [3.8, 4) is 28.6 Å². The van der Waals surface area contributed by atoms with E-state index in [0.717, 1.165) is 66.2 Å². The first-order valence-electron chi connectivity index (χ1n) is 15.8. The van der Waals surface area contributed by atoms with Gasteiger partial charge in [-0.15, -0.1) is 0 Å². The smallest absolute Gasteiger partial charge is 0.137 e. The molecule has 4 heteroatoms. The molecule has 0 bridgehead atoms. The second-order valence-electron chi connectivity index (χ2n) is 12.0. The number of aromatic nitrogens is 2. The maximum atomic E-state index is 10.4. The molecule has 3 aromatic heterocycles. The van der Waals surface area contributed by atoms with Gasteiger partial charge in [-0.25, -0.2) is 0 Å². The third-order valence-corrected chi connectivity index (χ3v) is 9.57. The molecule has 0 saturated heterocycles. The maximum Gasteiger partial charge on any atom is 0.137 e. The third-order valence-electron chi connectivity index (χ3n) is 9.57. The molecule has 218 valence electrons. The van der Waals surface area contributed by atoms with Crippen LogP contribution in [0.25, 0.3) is 88.1 Å². The Bertz CT molecular complexity index is 2860. The quantitative estimate of drug-likeness (QED) is 0.203. The lowest BCUT2D eigenvalue weighted by atomic mass is 9.97. The minimum Gasteiger partial charge on any atom is -0.456 e. The van der Waals surface area contributed by atoms with Gasteiger partial charge in [0.15, 0.2) is 0 Å². The molecule has 0 radical (unpaired) electrons. The first-order valence-corrected chi connectivity index (χ1v) is 15.8. The minimum atomic E-state index is 0.628. The highest BCUT2D eigenvalue weighted by molar-refractivity contribution is 6.17. The molecule has 3 heterocycles. The fourth-order valence-corrected chi connectivity index (χ4v) is 7.55. The average Bonchev–Trinajstić information content (AvgIpc) is 3.77. The largest absolute Gasteiger partial charge is 0.456 e. The molecule has 0 saturated carbocycles. The molecule has 0 aliphatic carbocycles. The second-order valence-corrected chi connectivity index (χ2v) is 12.0. The molecule has 0 fully saturated rings. The van der Waals surface area contributed by atoms with Gasteiger partial charge < -0.3 is 13.6 Å². The van der Waals surface area contributed by atoms with Crippen molar-refractivity contribution in [1.82, 2.24) is 9.13 Å². The third kappa shape index (κ3) is 3.63. The van der Waals surface area contributed by atoms with Crippen LogP contribution in [0, 0.1) is 11.3 Å². The summed E-state index contributed by atoms with van der Waals surface area (Å²) in [5.74, 6) is 0. The van der Waals surface area contributed by atoms with E-state index in [-0.39, 0.29) is 0 Å². The van der Waals surface area contributed by atoms with E-state index in [1.54, 1.807) is 0 Å². The topological polar surface area (TPSA) is 46.8 Å². The van der Waals surface area contributed by atoms with Crippen molar-refractivity contribution in [3.05, 3.63) is 157 Å². The van der Waals surface area contributed by atoms with E-state index >= 15 is 0 Å². The molecule has 0 atom stereocenters. The van der Waals surface area contributed by atoms with Gasteiger partial charge in [-0.1, -0.05) is 91.0 Å². The highest BCUT2D eigenvalue weighted by atomic mass is 16.3. The van der Waals surface area contributed by atoms with E-state index < -0.39 is 0 Å². The molecule has 0 spiro atoms. The lowest BCUT2D eigenvalue weighted by molar-refractivity contribution is 0.669. The Labute approximate surface area is 269 Å². The number of benzene rings is 7. The number of furan rings is 1. The lowest BCUT2D eigenvalue weighted by Crippen LogP contribution is -2.00. The van der Waals surface area contributed by atoms with E-state index in [2.05, 4.69) is 143 Å². The Balaban J connectivity index is 1.22. The Hall–Kier alpha value is -6.57. The zero-order chi connectivity index (χ0) is 31.1. The Morgan fingerprint density at radius 3 is 1.72 bits per heavy atom. The normalized spacial score (nSPS) is 11.8. The van der Waals surface area contributed by atoms with Crippen molar-refractivity contribution in [2.24, 2.45) is 0 Å². The fraction of sp³-hybridized carbons (Fsp3) is 0. The van der Waals surface area contributed by atoms with Crippen LogP contribution in [-0.2, 0) is 0 Å². The van der Waals surface area contributed by atoms with Crippen LogP contribution in [-0.4, -0.2) is 9.13 Å². The van der Waals surface area contributed by atoms with Gasteiger partial charge in [-0.2, -0.15) is 5.26 Å². The Morgan fingerprint density at radius 2 is 1.04 bits per heavy atom. The second kappa shape index (κ2) is 9.71. The minimum absolute atomic E-state index is 0.628. The molecule has 4 nitrogen and oxygen atoms in total. The summed E-state index contributed by atoms with van der Waals surface area (Å²) in [5.41, 5.74) is 10.7. The van der Waals surface area contributed by atoms with Gasteiger partial charge >= 0.3 is 0 Å². The van der Waals surface area contributed by atoms with Gasteiger partial charge in [0.2, 0.25) is 0 Å². The summed E-state index contributed by atoms with van der Waals surface area (Å²) in [6.07, 6.45) is 0. The fourth-order valence-electron chi connectivity index (χ4n) is 7.55. The summed E-state index contributed by atoms with van der Waals surface area (Å²) >= 11 is 0. The summed E-state index contributed by atoms with van der Waals surface area (Å²) in [5, 5.41) is 17.4. The van der Waals surface area contributed by atoms with Gasteiger partial charge in [0, 0.05) is 49.6 Å². The number of para-hydroxylation sites is 4. The van der Waals surface area contributed by atoms with E-state index in [0.29, 0.717) is 5.56 Å². The van der Waals surface area contributed by atoms with Crippen molar-refractivity contribution in [1.29, 1.82) is 5.26 Å². The zero-order valence-corrected chi connectivity index (χ0v) is 25.2. The van der Waals surface area contributed by atoms with Crippen molar-refractivity contribution < 1.29 is 4.42 Å². The molecule has 0 N–H and O–H groups in total. The van der Waals surface area contributed by atoms with E-state index in [1.165, 1.54) is 21.8 Å². The monoisotopic (exact) mass is 599 g/mol. The van der Waals surface area contributed by atoms with Gasteiger partial charge in [0.05, 0.1) is 39.4 Å². The van der Waals surface area contributed by atoms with Crippen molar-refractivity contribution in [2.75, 3.05) is 0 Å². The predicted molar refractivity (Wildman–Crippen MR) is 193 cm³/mol. The number of hydrogen-bond donors (Lipinski definition) is 0. The lowest BCUT2D eigenvalue weighted by Gasteiger charge is -2.16. The van der Waals surface area contributed by atoms with Crippen molar-refractivity contribution in [2.45, 2.75) is 0 Å². The van der Waals surface area contributed by atoms with Crippen LogP contribution in [0.1, 0.15) is 5.56 Å². The average molecular weight is 600 g/mol. The van der Waals surface area contributed by atoms with Crippen LogP contribution in [0.5, 0.6) is 0 Å². The number of hydrogen-bond acceptors (Lipinski definition) is 2. The van der Waals surface area contributed by atoms with Crippen molar-refractivity contribution >= 4 is 65.6 Å². The number of fused-ring (bicyclic) bond motifs is 9. The SMILES string of the molecule is N#Cc1cccc(-n2c3ccccc3c3cc4c(cc32)oc2ccccc24)c1-c1ccc(-n2c3ccccc3c3ccccc32)cc1. The first-order chi connectivity index (χ1) is 23.3. The summed E-state index contributed by atoms with van der Waals surface area (Å²) < 4.78 is 11.0. The van der Waals surface area contributed by atoms with Crippen LogP contribution in [0.3, 0.4) is 0 Å². The Kier molecular flexibility index (Phi) is 5.32. The first kappa shape index (κ1) is 25.7. The van der Waals surface area contributed by atoms with E-state index in [1.807, 2.05) is 24.3 Å². The zero-order valence-electron chi connectivity index (χ0n) is 25.2. The standard InChI is InChI=1S/C43H25N3O/c44-26-28-10-9-18-39(43(28)27-20-22-29(23-21-27)45-36-15-5-1-11-30(36)31-12-2-6-16-37(31)45)46-38-17-7-3-13-32(38)34-24-35-33-14-4-8-19-41(33)47-42(35)25-40(34)46/h1-25H. The number of nitrogens with zero attached hydrogens (tertiary/aromatic N) is 3. The van der Waals surface area contributed by atoms with Gasteiger partial charge in [-0.05, 0) is 60.2 Å². The molecule has 7 aromatic carbocycles. The molecule has 0 aliphatic rings. The van der Waals surface area contributed by atoms with Crippen LogP contribution in [0.2, 0.25) is 0 Å². The molecule has 47 heavy (non-hydrogen) atoms. The van der Waals surface area contributed by atoms with Gasteiger partial charge in [0.25, 0.3) is 0 Å². The molecular weight excluding hydrogens is 574 g/mol. The number of nitriles is 1. The molecular formula is C43H25N3O. The molecule has 0 unspecified atom stereocenters. The Morgan fingerprint density at radius 1 is 0.447 bits per heavy atom. The molecule has 0 aliphatic heterocycles. The predicted octanol–water partition coefficient (Wildman–Crippen LogP) is 11.3. The van der Waals surface area contributed by atoms with Crippen LogP contribution in [0.4, 0.5) is 0 Å². The summed E-state index contributed by atoms with van der Waals surface area (Å²) in [4.78, 5) is 0. The van der Waals surface area contributed by atoms with Crippen LogP contribution in [0.15, 0.2) is 156 Å². The molecule has 10 rings (SSSR count). The summed E-state index contributed by atoms with van der Waals surface area (Å²) in [6.45, 7) is 0. The summed E-state index contributed by atoms with van der Waals surface area (Å²) in [6, 6.07) is 55.3. The van der Waals surface area contributed by atoms with Gasteiger partial charge in [0.1, 0.15) is 11.2 Å². The highest BCUT2D eigenvalue weighted by Gasteiger charge is 2.20. The highest BCUT2D eigenvalue weighted by Crippen LogP contribution is 2.41. The summed E-state index contributed by atoms with van der Waals surface area (Å²) in [7, 11) is 0. The van der Waals surface area contributed by atoms with Gasteiger partial charge in [-0.3, -0.25) is 0 Å². The number of rotatable bonds is 3. The maximum absolute atomic E-state index is 10.4. The van der Waals surface area contributed by atoms with E-state index in [9.17, 15) is 5.26 Å². The molecule has 10 aromatic rings. The van der Waals surface area contributed by atoms with Crippen LogP contribution < -0.4 is 0 Å². The molecule has 0 amide bonds. The van der Waals surface area contributed by atoms with Crippen LogP contribution >= 0.6 is 0 Å².